The topological polar surface area (TPSA) is 229 Å². The Balaban J connectivity index is 0.872. The SMILES string of the molecule is CC[C@@]1(OC(=O)[C@@H](NC(=O)Nc2cccc(-c3ccc(C[C@H](NS(=O)(=O)CC45CCC(CC4=O)C5(C)C)C(=O)O)cc3)c2)C(C)C)C(=O)OCc2c1cc1n(c2=O)Cc2cc3ccccc3nc2-1. The van der Waals surface area contributed by atoms with Gasteiger partial charge < -0.3 is 29.8 Å². The Labute approximate surface area is 392 Å². The highest BCUT2D eigenvalue weighted by atomic mass is 32.2. The van der Waals surface area contributed by atoms with E-state index in [-0.39, 0.29) is 54.4 Å². The van der Waals surface area contributed by atoms with Crippen LogP contribution in [0.4, 0.5) is 10.5 Å². The summed E-state index contributed by atoms with van der Waals surface area (Å²) in [5, 5.41) is 16.4. The third-order valence-corrected chi connectivity index (χ3v) is 16.4. The van der Waals surface area contributed by atoms with Crippen LogP contribution in [-0.2, 0) is 63.8 Å². The Morgan fingerprint density at radius 3 is 2.40 bits per heavy atom. The number of benzene rings is 3. The summed E-state index contributed by atoms with van der Waals surface area (Å²) in [4.78, 5) is 85.7. The number of Topliss-reactive ketones (excluding diaryl/α,β-unsaturated/α-hetero) is 1. The molecule has 3 aromatic carbocycles. The normalized spacial score (nSPS) is 21.9. The van der Waals surface area contributed by atoms with Crippen molar-refractivity contribution in [1.29, 1.82) is 0 Å². The van der Waals surface area contributed by atoms with Gasteiger partial charge in [-0.2, -0.15) is 0 Å². The van der Waals surface area contributed by atoms with Crippen LogP contribution in [0.1, 0.15) is 82.6 Å². The Bertz CT molecular complexity index is 3110. The number of carbonyl (C=O) groups is 5. The molecular formula is C51H53N5O11S. The van der Waals surface area contributed by atoms with E-state index < -0.39 is 74.1 Å². The number of para-hydroxylation sites is 1. The van der Waals surface area contributed by atoms with E-state index in [0.717, 1.165) is 22.9 Å². The predicted molar refractivity (Wildman–Crippen MR) is 252 cm³/mol. The number of carbonyl (C=O) groups excluding carboxylic acids is 4. The zero-order chi connectivity index (χ0) is 48.5. The second-order valence-corrected chi connectivity index (χ2v) is 21.2. The summed E-state index contributed by atoms with van der Waals surface area (Å²) < 4.78 is 42.4. The number of sulfonamides is 1. The molecule has 0 spiro atoms. The number of hydrogen-bond acceptors (Lipinski definition) is 11. The van der Waals surface area contributed by atoms with Crippen LogP contribution in [0.2, 0.25) is 0 Å². The number of carboxylic acids is 1. The number of aliphatic carboxylic acids is 1. The first-order valence-electron chi connectivity index (χ1n) is 22.8. The maximum Gasteiger partial charge on any atom is 0.355 e. The number of urea groups is 1. The zero-order valence-electron chi connectivity index (χ0n) is 38.4. The van der Waals surface area contributed by atoms with Gasteiger partial charge >= 0.3 is 23.9 Å². The maximum atomic E-state index is 14.1. The summed E-state index contributed by atoms with van der Waals surface area (Å²) in [6, 6.07) is 21.6. The van der Waals surface area contributed by atoms with E-state index in [1.807, 2.05) is 50.2 Å². The van der Waals surface area contributed by atoms with E-state index >= 15 is 0 Å². The van der Waals surface area contributed by atoms with Crippen LogP contribution in [0.25, 0.3) is 33.4 Å². The van der Waals surface area contributed by atoms with Crippen molar-refractivity contribution in [2.75, 3.05) is 11.1 Å². The van der Waals surface area contributed by atoms with Gasteiger partial charge in [-0.3, -0.25) is 14.4 Å². The molecule has 2 aliphatic carbocycles. The molecule has 2 fully saturated rings. The van der Waals surface area contributed by atoms with Gasteiger partial charge in [0, 0.05) is 34.0 Å². The molecule has 2 saturated carbocycles. The Morgan fingerprint density at radius 2 is 1.72 bits per heavy atom. The summed E-state index contributed by atoms with van der Waals surface area (Å²) in [7, 11) is -4.15. The van der Waals surface area contributed by atoms with Gasteiger partial charge in [-0.1, -0.05) is 89.2 Å². The Hall–Kier alpha value is -6.72. The third-order valence-electron chi connectivity index (χ3n) is 14.9. The lowest BCUT2D eigenvalue weighted by molar-refractivity contribution is -0.191. The van der Waals surface area contributed by atoms with Gasteiger partial charge in [-0.15, -0.1) is 0 Å². The first-order chi connectivity index (χ1) is 32.3. The van der Waals surface area contributed by atoms with E-state index in [1.165, 1.54) is 0 Å². The van der Waals surface area contributed by atoms with Crippen molar-refractivity contribution in [2.24, 2.45) is 22.7 Å². The number of fused-ring (bicyclic) bond motifs is 7. The van der Waals surface area contributed by atoms with Gasteiger partial charge in [0.15, 0.2) is 0 Å². The largest absolute Gasteiger partial charge is 0.480 e. The fourth-order valence-electron chi connectivity index (χ4n) is 10.8. The summed E-state index contributed by atoms with van der Waals surface area (Å²) >= 11 is 0. The molecule has 2 bridgehead atoms. The smallest absolute Gasteiger partial charge is 0.355 e. The van der Waals surface area contributed by atoms with Crippen molar-refractivity contribution in [3.8, 4) is 22.5 Å². The number of nitrogens with zero attached hydrogens (tertiary/aromatic N) is 2. The molecule has 68 heavy (non-hydrogen) atoms. The lowest BCUT2D eigenvalue weighted by atomic mass is 9.70. The molecule has 2 aliphatic heterocycles. The molecule has 4 aliphatic rings. The fourth-order valence-corrected chi connectivity index (χ4v) is 12.9. The van der Waals surface area contributed by atoms with Crippen molar-refractivity contribution in [1.82, 2.24) is 19.6 Å². The van der Waals surface area contributed by atoms with E-state index in [2.05, 4.69) is 15.4 Å². The standard InChI is InChI=1S/C51H53N5O11S/c1-6-51(37-24-40-43-33(21-32-10-7-8-13-38(32)53-43)25-56(40)44(58)36(37)26-66-47(51)62)67-46(61)42(28(2)3)54-48(63)52-35-12-9-11-31(22-35)30-16-14-29(15-17-30)20-39(45(59)60)55-68(64,65)27-50-19-18-34(23-41(50)57)49(50,4)5/h7-17,21-22,24,28,34,39,42,55H,6,18-20,23,25-27H2,1-5H3,(H,59,60)(H2,52,54,63)/t34?,39-,42-,50?,51-/m0/s1. The molecule has 0 saturated heterocycles. The number of esters is 2. The van der Waals surface area contributed by atoms with Crippen LogP contribution >= 0.6 is 0 Å². The van der Waals surface area contributed by atoms with Crippen LogP contribution in [-0.4, -0.2) is 70.6 Å². The average molecular weight is 944 g/mol. The third kappa shape index (κ3) is 7.94. The molecule has 17 heteroatoms. The predicted octanol–water partition coefficient (Wildman–Crippen LogP) is 6.45. The highest BCUT2D eigenvalue weighted by Crippen LogP contribution is 2.64. The minimum atomic E-state index is -4.15. The molecule has 354 valence electrons. The number of ketones is 1. The van der Waals surface area contributed by atoms with Crippen LogP contribution < -0.4 is 20.9 Å². The summed E-state index contributed by atoms with van der Waals surface area (Å²) in [6.45, 7) is 8.92. The molecule has 2 unspecified atom stereocenters. The summed E-state index contributed by atoms with van der Waals surface area (Å²) in [6.07, 6.45) is 1.38. The number of cyclic esters (lactones) is 1. The number of amides is 2. The number of aromatic nitrogens is 2. The quantitative estimate of drug-likeness (QED) is 0.0864. The molecule has 2 amide bonds. The van der Waals surface area contributed by atoms with E-state index in [1.54, 1.807) is 73.9 Å². The van der Waals surface area contributed by atoms with Crippen LogP contribution in [0.15, 0.2) is 89.7 Å². The molecule has 5 aromatic rings. The summed E-state index contributed by atoms with van der Waals surface area (Å²) in [5.41, 5.74) is 1.52. The maximum absolute atomic E-state index is 14.1. The van der Waals surface area contributed by atoms with Gasteiger partial charge in [-0.05, 0) is 90.0 Å². The van der Waals surface area contributed by atoms with Gasteiger partial charge in [0.05, 0.1) is 34.8 Å². The van der Waals surface area contributed by atoms with Gasteiger partial charge in [0.1, 0.15) is 24.5 Å². The lowest BCUT2D eigenvalue weighted by Crippen LogP contribution is -2.53. The van der Waals surface area contributed by atoms with Gasteiger partial charge in [0.25, 0.3) is 5.56 Å². The van der Waals surface area contributed by atoms with E-state index in [4.69, 9.17) is 14.5 Å². The van der Waals surface area contributed by atoms with E-state index in [0.29, 0.717) is 46.6 Å². The van der Waals surface area contributed by atoms with Crippen LogP contribution in [0.3, 0.4) is 0 Å². The monoisotopic (exact) mass is 943 g/mol. The number of pyridine rings is 2. The second kappa shape index (κ2) is 17.1. The first kappa shape index (κ1) is 46.4. The first-order valence-corrected chi connectivity index (χ1v) is 24.5. The number of hydrogen-bond donors (Lipinski definition) is 4. The van der Waals surface area contributed by atoms with Crippen molar-refractivity contribution in [3.05, 3.63) is 118 Å². The van der Waals surface area contributed by atoms with Crippen molar-refractivity contribution in [3.63, 3.8) is 0 Å². The molecule has 4 heterocycles. The molecule has 9 rings (SSSR count). The minimum Gasteiger partial charge on any atom is -0.480 e. The fraction of sp³-hybridized carbons (Fsp3) is 0.392. The van der Waals surface area contributed by atoms with Gasteiger partial charge in [-0.25, -0.2) is 32.5 Å². The van der Waals surface area contributed by atoms with Crippen LogP contribution in [0.5, 0.6) is 0 Å². The van der Waals surface area contributed by atoms with Crippen molar-refractivity contribution in [2.45, 2.75) is 97.6 Å². The van der Waals surface area contributed by atoms with Crippen molar-refractivity contribution < 1.29 is 47.0 Å². The number of rotatable bonds is 14. The molecular weight excluding hydrogens is 891 g/mol. The van der Waals surface area contributed by atoms with Crippen LogP contribution in [0, 0.1) is 22.7 Å². The molecule has 5 atom stereocenters. The molecule has 16 nitrogen and oxygen atoms in total. The summed E-state index contributed by atoms with van der Waals surface area (Å²) in [5.74, 6) is -3.99. The minimum absolute atomic E-state index is 0.0577. The number of ether oxygens (including phenoxy) is 2. The molecule has 0 radical (unpaired) electrons. The molecule has 2 aromatic heterocycles. The zero-order valence-corrected chi connectivity index (χ0v) is 39.2. The highest BCUT2D eigenvalue weighted by Gasteiger charge is 2.65. The molecule has 4 N–H and O–H groups in total. The Morgan fingerprint density at radius 1 is 0.971 bits per heavy atom. The van der Waals surface area contributed by atoms with Gasteiger partial charge in [0.2, 0.25) is 15.6 Å². The average Bonchev–Trinajstić information content (AvgIpc) is 3.83. The Kier molecular flexibility index (Phi) is 11.7. The number of carboxylic acid groups (broad SMARTS) is 1. The number of nitrogens with one attached hydrogen (secondary N) is 3. The number of anilines is 1. The van der Waals surface area contributed by atoms with E-state index in [9.17, 15) is 42.3 Å². The highest BCUT2D eigenvalue weighted by molar-refractivity contribution is 7.89. The second-order valence-electron chi connectivity index (χ2n) is 19.4. The van der Waals surface area contributed by atoms with Crippen molar-refractivity contribution >= 4 is 56.3 Å². The lowest BCUT2D eigenvalue weighted by Gasteiger charge is -2.37.